The van der Waals surface area contributed by atoms with Crippen LogP contribution in [-0.2, 0) is 13.0 Å². The van der Waals surface area contributed by atoms with Gasteiger partial charge in [0.05, 0.1) is 0 Å². The first kappa shape index (κ1) is 15.7. The molecule has 128 valence electrons. The van der Waals surface area contributed by atoms with Gasteiger partial charge in [-0.15, -0.1) is 10.2 Å². The maximum absolute atomic E-state index is 13.5. The molecule has 1 aromatic heterocycles. The molecule has 0 unspecified atom stereocenters. The maximum Gasteiger partial charge on any atom is 0.159 e. The Balaban J connectivity index is 1.43. The SMILES string of the molecule is C[C@@H](c1ccc(F)c(F)c1)N1CCC(c2nnc3n2CCC3)CC1. The lowest BCUT2D eigenvalue weighted by Crippen LogP contribution is -2.35. The van der Waals surface area contributed by atoms with E-state index in [2.05, 4.69) is 26.6 Å². The molecule has 2 aromatic rings. The Kier molecular flexibility index (Phi) is 4.08. The Bertz CT molecular complexity index is 735. The van der Waals surface area contributed by atoms with Gasteiger partial charge in [0.25, 0.3) is 0 Å². The Morgan fingerprint density at radius 3 is 2.62 bits per heavy atom. The molecular weight excluding hydrogens is 310 g/mol. The number of halogens is 2. The highest BCUT2D eigenvalue weighted by Gasteiger charge is 2.29. The largest absolute Gasteiger partial charge is 0.315 e. The molecule has 24 heavy (non-hydrogen) atoms. The second kappa shape index (κ2) is 6.24. The number of hydrogen-bond acceptors (Lipinski definition) is 3. The van der Waals surface area contributed by atoms with Gasteiger partial charge in [0, 0.05) is 24.9 Å². The number of aryl methyl sites for hydroxylation is 1. The molecule has 0 N–H and O–H groups in total. The summed E-state index contributed by atoms with van der Waals surface area (Å²) in [5.41, 5.74) is 0.829. The zero-order valence-corrected chi connectivity index (χ0v) is 13.9. The topological polar surface area (TPSA) is 34.0 Å². The highest BCUT2D eigenvalue weighted by Crippen LogP contribution is 2.33. The van der Waals surface area contributed by atoms with E-state index in [-0.39, 0.29) is 6.04 Å². The molecule has 4 rings (SSSR count). The van der Waals surface area contributed by atoms with Crippen molar-refractivity contribution in [1.29, 1.82) is 0 Å². The van der Waals surface area contributed by atoms with Gasteiger partial charge in [-0.05, 0) is 57.0 Å². The lowest BCUT2D eigenvalue weighted by atomic mass is 9.93. The van der Waals surface area contributed by atoms with E-state index in [1.807, 2.05) is 0 Å². The molecular formula is C18H22F2N4. The van der Waals surface area contributed by atoms with Gasteiger partial charge in [0.1, 0.15) is 11.6 Å². The van der Waals surface area contributed by atoms with E-state index in [1.165, 1.54) is 18.6 Å². The van der Waals surface area contributed by atoms with E-state index in [0.29, 0.717) is 5.92 Å². The van der Waals surface area contributed by atoms with Gasteiger partial charge in [-0.2, -0.15) is 0 Å². The standard InChI is InChI=1S/C18H22F2N4/c1-12(14-4-5-15(19)16(20)11-14)23-9-6-13(7-10-23)18-22-21-17-3-2-8-24(17)18/h4-5,11-13H,2-3,6-10H2,1H3/t12-/m0/s1. The van der Waals surface area contributed by atoms with E-state index in [4.69, 9.17) is 0 Å². The molecule has 0 amide bonds. The molecule has 0 aliphatic carbocycles. The van der Waals surface area contributed by atoms with Crippen LogP contribution in [0, 0.1) is 11.6 Å². The molecule has 1 atom stereocenters. The Morgan fingerprint density at radius 1 is 1.08 bits per heavy atom. The van der Waals surface area contributed by atoms with Crippen molar-refractivity contribution in [3.63, 3.8) is 0 Å². The van der Waals surface area contributed by atoms with Crippen molar-refractivity contribution in [2.24, 2.45) is 0 Å². The first-order chi connectivity index (χ1) is 11.6. The summed E-state index contributed by atoms with van der Waals surface area (Å²) in [7, 11) is 0. The molecule has 0 bridgehead atoms. The second-order valence-corrected chi connectivity index (χ2v) is 6.89. The lowest BCUT2D eigenvalue weighted by molar-refractivity contribution is 0.159. The normalized spacial score (nSPS) is 20.3. The van der Waals surface area contributed by atoms with Crippen LogP contribution in [0.1, 0.15) is 55.4 Å². The number of nitrogens with zero attached hydrogens (tertiary/aromatic N) is 4. The minimum Gasteiger partial charge on any atom is -0.315 e. The molecule has 6 heteroatoms. The van der Waals surface area contributed by atoms with Crippen molar-refractivity contribution in [1.82, 2.24) is 19.7 Å². The van der Waals surface area contributed by atoms with Gasteiger partial charge in [-0.1, -0.05) is 6.07 Å². The predicted octanol–water partition coefficient (Wildman–Crippen LogP) is 3.44. The van der Waals surface area contributed by atoms with E-state index in [9.17, 15) is 8.78 Å². The summed E-state index contributed by atoms with van der Waals surface area (Å²) in [6, 6.07) is 4.30. The van der Waals surface area contributed by atoms with Crippen LogP contribution >= 0.6 is 0 Å². The van der Waals surface area contributed by atoms with E-state index < -0.39 is 11.6 Å². The van der Waals surface area contributed by atoms with Crippen LogP contribution in [0.2, 0.25) is 0 Å². The second-order valence-electron chi connectivity index (χ2n) is 6.89. The molecule has 1 saturated heterocycles. The minimum atomic E-state index is -0.787. The summed E-state index contributed by atoms with van der Waals surface area (Å²) in [4.78, 5) is 2.34. The van der Waals surface area contributed by atoms with Gasteiger partial charge >= 0.3 is 0 Å². The summed E-state index contributed by atoms with van der Waals surface area (Å²) in [6.07, 6.45) is 4.28. The highest BCUT2D eigenvalue weighted by atomic mass is 19.2. The number of aromatic nitrogens is 3. The first-order valence-electron chi connectivity index (χ1n) is 8.74. The van der Waals surface area contributed by atoms with Crippen LogP contribution < -0.4 is 0 Å². The third-order valence-corrected chi connectivity index (χ3v) is 5.51. The van der Waals surface area contributed by atoms with Gasteiger partial charge in [0.2, 0.25) is 0 Å². The molecule has 3 heterocycles. The van der Waals surface area contributed by atoms with Crippen LogP contribution in [0.3, 0.4) is 0 Å². The van der Waals surface area contributed by atoms with E-state index in [0.717, 1.165) is 56.1 Å². The molecule has 1 fully saturated rings. The van der Waals surface area contributed by atoms with Crippen LogP contribution in [0.4, 0.5) is 8.78 Å². The molecule has 2 aliphatic heterocycles. The fourth-order valence-electron chi connectivity index (χ4n) is 4.00. The quantitative estimate of drug-likeness (QED) is 0.863. The number of hydrogen-bond donors (Lipinski definition) is 0. The van der Waals surface area contributed by atoms with E-state index >= 15 is 0 Å². The van der Waals surface area contributed by atoms with Crippen molar-refractivity contribution in [2.75, 3.05) is 13.1 Å². The number of fused-ring (bicyclic) bond motifs is 1. The summed E-state index contributed by atoms with van der Waals surface area (Å²) >= 11 is 0. The Morgan fingerprint density at radius 2 is 1.88 bits per heavy atom. The van der Waals surface area contributed by atoms with Crippen LogP contribution in [-0.4, -0.2) is 32.8 Å². The van der Waals surface area contributed by atoms with Crippen molar-refractivity contribution in [2.45, 2.75) is 51.1 Å². The van der Waals surface area contributed by atoms with Crippen molar-refractivity contribution in [3.05, 3.63) is 47.0 Å². The highest BCUT2D eigenvalue weighted by molar-refractivity contribution is 5.21. The van der Waals surface area contributed by atoms with Crippen molar-refractivity contribution < 1.29 is 8.78 Å². The zero-order valence-electron chi connectivity index (χ0n) is 13.9. The summed E-state index contributed by atoms with van der Waals surface area (Å²) < 4.78 is 28.9. The number of piperidine rings is 1. The predicted molar refractivity (Wildman–Crippen MR) is 86.7 cm³/mol. The van der Waals surface area contributed by atoms with Crippen LogP contribution in [0.15, 0.2) is 18.2 Å². The lowest BCUT2D eigenvalue weighted by Gasteiger charge is -2.36. The van der Waals surface area contributed by atoms with Crippen molar-refractivity contribution in [3.8, 4) is 0 Å². The molecule has 4 nitrogen and oxygen atoms in total. The van der Waals surface area contributed by atoms with Crippen LogP contribution in [0.25, 0.3) is 0 Å². The summed E-state index contributed by atoms with van der Waals surface area (Å²) in [6.45, 7) is 4.98. The Labute approximate surface area is 140 Å². The summed E-state index contributed by atoms with van der Waals surface area (Å²) in [5, 5.41) is 8.73. The number of rotatable bonds is 3. The smallest absolute Gasteiger partial charge is 0.159 e. The molecule has 0 saturated carbocycles. The van der Waals surface area contributed by atoms with Crippen molar-refractivity contribution >= 4 is 0 Å². The summed E-state index contributed by atoms with van der Waals surface area (Å²) in [5.74, 6) is 1.17. The van der Waals surface area contributed by atoms with Gasteiger partial charge in [-0.25, -0.2) is 8.78 Å². The first-order valence-corrected chi connectivity index (χ1v) is 8.74. The fraction of sp³-hybridized carbons (Fsp3) is 0.556. The average Bonchev–Trinajstić information content (AvgIpc) is 3.20. The third-order valence-electron chi connectivity index (χ3n) is 5.51. The van der Waals surface area contributed by atoms with Gasteiger partial charge in [-0.3, -0.25) is 4.90 Å². The Hall–Kier alpha value is -1.82. The zero-order chi connectivity index (χ0) is 16.7. The number of benzene rings is 1. The monoisotopic (exact) mass is 332 g/mol. The molecule has 1 aromatic carbocycles. The fourth-order valence-corrected chi connectivity index (χ4v) is 4.00. The molecule has 0 radical (unpaired) electrons. The average molecular weight is 332 g/mol. The number of likely N-dealkylation sites (tertiary alicyclic amines) is 1. The van der Waals surface area contributed by atoms with Gasteiger partial charge < -0.3 is 4.57 Å². The minimum absolute atomic E-state index is 0.0881. The molecule has 2 aliphatic rings. The molecule has 0 spiro atoms. The van der Waals surface area contributed by atoms with Gasteiger partial charge in [0.15, 0.2) is 11.6 Å². The maximum atomic E-state index is 13.5. The van der Waals surface area contributed by atoms with E-state index in [1.54, 1.807) is 6.07 Å². The van der Waals surface area contributed by atoms with Crippen LogP contribution in [0.5, 0.6) is 0 Å². The third kappa shape index (κ3) is 2.73.